The van der Waals surface area contributed by atoms with E-state index in [1.807, 2.05) is 66.7 Å². The van der Waals surface area contributed by atoms with Crippen molar-refractivity contribution in [3.05, 3.63) is 53.6 Å². The molecule has 2 aromatic heterocycles. The number of nitrogens with one attached hydrogen (secondary N) is 2. The van der Waals surface area contributed by atoms with Gasteiger partial charge in [-0.25, -0.2) is 9.48 Å². The number of carbonyl (C=O) groups excluding carboxylic acids is 1. The van der Waals surface area contributed by atoms with Crippen LogP contribution in [0.25, 0.3) is 5.69 Å². The number of aryl methyl sites for hydroxylation is 1. The predicted molar refractivity (Wildman–Crippen MR) is 125 cm³/mol. The van der Waals surface area contributed by atoms with E-state index in [0.717, 1.165) is 53.0 Å². The highest BCUT2D eigenvalue weighted by Gasteiger charge is 2.38. The summed E-state index contributed by atoms with van der Waals surface area (Å²) in [6.45, 7) is 8.40. The first-order valence-corrected chi connectivity index (χ1v) is 11.5. The van der Waals surface area contributed by atoms with Crippen molar-refractivity contribution in [3.63, 3.8) is 0 Å². The van der Waals surface area contributed by atoms with Gasteiger partial charge in [0.25, 0.3) is 0 Å². The quantitative estimate of drug-likeness (QED) is 0.450. The first-order chi connectivity index (χ1) is 16.5. The predicted octanol–water partition coefficient (Wildman–Crippen LogP) is 3.54. The Morgan fingerprint density at radius 3 is 2.51 bits per heavy atom. The lowest BCUT2D eigenvalue weighted by Gasteiger charge is -2.17. The topological polar surface area (TPSA) is 114 Å². The van der Waals surface area contributed by atoms with E-state index in [2.05, 4.69) is 20.8 Å². The molecule has 188 valence electrons. The monoisotopic (exact) mass is 510 g/mol. The summed E-state index contributed by atoms with van der Waals surface area (Å²) in [5.74, 6) is -2.79. The van der Waals surface area contributed by atoms with Gasteiger partial charge in [-0.2, -0.15) is 23.4 Å². The second-order valence-corrected chi connectivity index (χ2v) is 9.08. The molecule has 4 rings (SSSR count). The van der Waals surface area contributed by atoms with Gasteiger partial charge < -0.3 is 15.7 Å². The number of amides is 1. The Morgan fingerprint density at radius 1 is 1.23 bits per heavy atom. The van der Waals surface area contributed by atoms with E-state index >= 15 is 0 Å². The lowest BCUT2D eigenvalue weighted by molar-refractivity contribution is -0.192. The number of rotatable bonds is 5. The molecule has 3 heterocycles. The molecule has 1 amide bonds. The number of fused-ring (bicyclic) bond motifs is 1. The fourth-order valence-corrected chi connectivity index (χ4v) is 4.34. The molecule has 0 spiro atoms. The lowest BCUT2D eigenvalue weighted by Crippen LogP contribution is -2.29. The zero-order valence-corrected chi connectivity index (χ0v) is 20.1. The molecule has 0 saturated carbocycles. The standard InChI is InChI=1S/C20H24N6OS.C2HF3O2/c1-13-19(14(2)26(24-13)16-7-5-4-6-8-16)23-20(27)15(3)28-18-12-22-25-10-9-21-11-17(18)25;3-2(4,5)1(6)7/h4-8,12,15,21H,9-11H2,1-3H3,(H,23,27);(H,6,7). The number of carbonyl (C=O) groups is 2. The molecule has 1 aliphatic heterocycles. The fourth-order valence-electron chi connectivity index (χ4n) is 3.37. The van der Waals surface area contributed by atoms with Crippen LogP contribution in [-0.2, 0) is 22.7 Å². The number of aliphatic carboxylic acids is 1. The summed E-state index contributed by atoms with van der Waals surface area (Å²) in [7, 11) is 0. The number of nitrogens with zero attached hydrogens (tertiary/aromatic N) is 4. The van der Waals surface area contributed by atoms with Crippen molar-refractivity contribution >= 4 is 29.3 Å². The Morgan fingerprint density at radius 2 is 1.89 bits per heavy atom. The average Bonchev–Trinajstić information content (AvgIpc) is 3.35. The van der Waals surface area contributed by atoms with E-state index in [1.54, 1.807) is 11.8 Å². The van der Waals surface area contributed by atoms with Gasteiger partial charge in [0.1, 0.15) is 0 Å². The number of alkyl halides is 3. The van der Waals surface area contributed by atoms with E-state index < -0.39 is 12.1 Å². The number of hydrogen-bond acceptors (Lipinski definition) is 6. The third-order valence-corrected chi connectivity index (χ3v) is 6.32. The smallest absolute Gasteiger partial charge is 0.475 e. The molecule has 1 aromatic carbocycles. The zero-order chi connectivity index (χ0) is 25.8. The third kappa shape index (κ3) is 6.42. The Balaban J connectivity index is 0.000000429. The molecule has 0 bridgehead atoms. The lowest BCUT2D eigenvalue weighted by atomic mass is 10.3. The van der Waals surface area contributed by atoms with Crippen LogP contribution in [0, 0.1) is 13.8 Å². The molecule has 0 radical (unpaired) electrons. The minimum atomic E-state index is -5.08. The highest BCUT2D eigenvalue weighted by molar-refractivity contribution is 8.00. The summed E-state index contributed by atoms with van der Waals surface area (Å²) in [6, 6.07) is 9.93. The molecule has 13 heteroatoms. The van der Waals surface area contributed by atoms with E-state index in [4.69, 9.17) is 9.90 Å². The van der Waals surface area contributed by atoms with Crippen molar-refractivity contribution in [1.29, 1.82) is 0 Å². The van der Waals surface area contributed by atoms with Gasteiger partial charge in [-0.15, -0.1) is 11.8 Å². The Hall–Kier alpha value is -3.32. The number of para-hydroxylation sites is 1. The van der Waals surface area contributed by atoms with Crippen molar-refractivity contribution in [2.24, 2.45) is 0 Å². The van der Waals surface area contributed by atoms with Gasteiger partial charge in [0, 0.05) is 13.1 Å². The minimum absolute atomic E-state index is 0.0347. The largest absolute Gasteiger partial charge is 0.490 e. The molecule has 0 aliphatic carbocycles. The van der Waals surface area contributed by atoms with Crippen LogP contribution >= 0.6 is 11.8 Å². The van der Waals surface area contributed by atoms with Gasteiger partial charge >= 0.3 is 12.1 Å². The van der Waals surface area contributed by atoms with Gasteiger partial charge in [-0.05, 0) is 32.9 Å². The zero-order valence-electron chi connectivity index (χ0n) is 19.3. The number of carboxylic acid groups (broad SMARTS) is 1. The van der Waals surface area contributed by atoms with Crippen LogP contribution in [0.5, 0.6) is 0 Å². The van der Waals surface area contributed by atoms with Crippen LogP contribution in [-0.4, -0.2) is 54.5 Å². The van der Waals surface area contributed by atoms with Gasteiger partial charge in [0.05, 0.1) is 51.3 Å². The Bertz CT molecular complexity index is 1190. The minimum Gasteiger partial charge on any atom is -0.475 e. The Labute approximate surface area is 203 Å². The number of carboxylic acids is 1. The molecule has 3 N–H and O–H groups in total. The number of halogens is 3. The third-order valence-electron chi connectivity index (χ3n) is 5.16. The van der Waals surface area contributed by atoms with E-state index in [0.29, 0.717) is 0 Å². The first kappa shape index (κ1) is 26.3. The van der Waals surface area contributed by atoms with Crippen molar-refractivity contribution in [1.82, 2.24) is 24.9 Å². The van der Waals surface area contributed by atoms with Crippen LogP contribution in [0.3, 0.4) is 0 Å². The maximum absolute atomic E-state index is 12.8. The van der Waals surface area contributed by atoms with E-state index in [1.165, 1.54) is 0 Å². The van der Waals surface area contributed by atoms with Crippen LogP contribution in [0.15, 0.2) is 41.4 Å². The van der Waals surface area contributed by atoms with Crippen molar-refractivity contribution in [3.8, 4) is 5.69 Å². The fraction of sp³-hybridized carbons (Fsp3) is 0.364. The maximum atomic E-state index is 12.8. The second kappa shape index (κ2) is 11.0. The molecule has 0 fully saturated rings. The number of hydrogen-bond donors (Lipinski definition) is 3. The molecule has 3 aromatic rings. The normalized spacial score (nSPS) is 13.9. The molecular formula is C22H25F3N6O3S. The number of thioether (sulfide) groups is 1. The van der Waals surface area contributed by atoms with Crippen LogP contribution in [0.1, 0.15) is 24.0 Å². The number of anilines is 1. The summed E-state index contributed by atoms with van der Waals surface area (Å²) in [5, 5.41) is 22.3. The summed E-state index contributed by atoms with van der Waals surface area (Å²) in [6.07, 6.45) is -3.22. The van der Waals surface area contributed by atoms with Crippen LogP contribution < -0.4 is 10.6 Å². The summed E-state index contributed by atoms with van der Waals surface area (Å²) >= 11 is 1.54. The van der Waals surface area contributed by atoms with Gasteiger partial charge in [-0.3, -0.25) is 9.48 Å². The number of aromatic nitrogens is 4. The number of benzene rings is 1. The SMILES string of the molecule is Cc1nn(-c2ccccc2)c(C)c1NC(=O)C(C)Sc1cnn2c1CNCC2.O=C(O)C(F)(F)F. The highest BCUT2D eigenvalue weighted by atomic mass is 32.2. The van der Waals surface area contributed by atoms with Crippen molar-refractivity contribution < 1.29 is 27.9 Å². The molecular weight excluding hydrogens is 485 g/mol. The van der Waals surface area contributed by atoms with Crippen molar-refractivity contribution in [2.45, 2.75) is 50.2 Å². The molecule has 0 saturated heterocycles. The molecule has 1 unspecified atom stereocenters. The van der Waals surface area contributed by atoms with Gasteiger partial charge in [0.2, 0.25) is 5.91 Å². The summed E-state index contributed by atoms with van der Waals surface area (Å²) in [4.78, 5) is 22.8. The van der Waals surface area contributed by atoms with Crippen LogP contribution in [0.4, 0.5) is 18.9 Å². The van der Waals surface area contributed by atoms with Gasteiger partial charge in [-0.1, -0.05) is 18.2 Å². The van der Waals surface area contributed by atoms with Gasteiger partial charge in [0.15, 0.2) is 0 Å². The van der Waals surface area contributed by atoms with E-state index in [9.17, 15) is 18.0 Å². The summed E-state index contributed by atoms with van der Waals surface area (Å²) in [5.41, 5.74) is 4.63. The molecule has 1 aliphatic rings. The average molecular weight is 511 g/mol. The summed E-state index contributed by atoms with van der Waals surface area (Å²) < 4.78 is 35.6. The Kier molecular flexibility index (Phi) is 8.22. The van der Waals surface area contributed by atoms with E-state index in [-0.39, 0.29) is 11.2 Å². The molecule has 1 atom stereocenters. The van der Waals surface area contributed by atoms with Crippen molar-refractivity contribution in [2.75, 3.05) is 11.9 Å². The maximum Gasteiger partial charge on any atom is 0.490 e. The first-order valence-electron chi connectivity index (χ1n) is 10.6. The van der Waals surface area contributed by atoms with Crippen LogP contribution in [0.2, 0.25) is 0 Å². The highest BCUT2D eigenvalue weighted by Crippen LogP contribution is 2.29. The second-order valence-electron chi connectivity index (χ2n) is 7.70. The molecule has 9 nitrogen and oxygen atoms in total. The molecule has 35 heavy (non-hydrogen) atoms.